The summed E-state index contributed by atoms with van der Waals surface area (Å²) < 4.78 is 23.5. The molecule has 2 fully saturated rings. The number of nitrogens with zero attached hydrogens (tertiary/aromatic N) is 1. The van der Waals surface area contributed by atoms with Crippen LogP contribution in [0, 0.1) is 5.92 Å². The number of hydrogen-bond donors (Lipinski definition) is 1. The van der Waals surface area contributed by atoms with E-state index in [-0.39, 0.29) is 6.04 Å². The maximum atomic E-state index is 11.8. The molecule has 1 N–H and O–H groups in total. The zero-order valence-corrected chi connectivity index (χ0v) is 12.4. The van der Waals surface area contributed by atoms with E-state index in [2.05, 4.69) is 24.1 Å². The second-order valence-electron chi connectivity index (χ2n) is 6.06. The Balaban J connectivity index is 2.02. The van der Waals surface area contributed by atoms with Gasteiger partial charge in [-0.25, -0.2) is 8.42 Å². The average Bonchev–Trinajstić information content (AvgIpc) is 2.53. The fourth-order valence-electron chi connectivity index (χ4n) is 3.04. The lowest BCUT2D eigenvalue weighted by Crippen LogP contribution is -2.48. The molecule has 0 aliphatic carbocycles. The normalized spacial score (nSPS) is 34.4. The summed E-state index contributed by atoms with van der Waals surface area (Å²) >= 11 is 0. The Morgan fingerprint density at radius 1 is 1.28 bits per heavy atom. The van der Waals surface area contributed by atoms with Crippen LogP contribution in [0.2, 0.25) is 0 Å². The van der Waals surface area contributed by atoms with Crippen molar-refractivity contribution in [2.75, 3.05) is 31.1 Å². The Morgan fingerprint density at radius 3 is 2.72 bits per heavy atom. The van der Waals surface area contributed by atoms with Gasteiger partial charge < -0.3 is 5.32 Å². The molecule has 4 nitrogen and oxygen atoms in total. The number of rotatable bonds is 2. The molecule has 0 aromatic rings. The fraction of sp³-hybridized carbons (Fsp3) is 1.00. The Morgan fingerprint density at radius 2 is 2.06 bits per heavy atom. The van der Waals surface area contributed by atoms with Crippen molar-refractivity contribution in [3.63, 3.8) is 0 Å². The van der Waals surface area contributed by atoms with Crippen molar-refractivity contribution in [2.45, 2.75) is 45.2 Å². The molecule has 106 valence electrons. The van der Waals surface area contributed by atoms with E-state index in [0.717, 1.165) is 38.9 Å². The molecule has 0 bridgehead atoms. The van der Waals surface area contributed by atoms with Crippen molar-refractivity contribution in [3.8, 4) is 0 Å². The molecule has 2 heterocycles. The number of sulfone groups is 1. The standard InChI is InChI=1S/C13H26N2O2S/c1-11(2)13-9-15(7-4-6-14-13)12-5-3-8-18(16,17)10-12/h11-14H,3-10H2,1-2H3. The van der Waals surface area contributed by atoms with Crippen LogP contribution in [0.15, 0.2) is 0 Å². The summed E-state index contributed by atoms with van der Waals surface area (Å²) in [6.45, 7) is 7.56. The largest absolute Gasteiger partial charge is 0.312 e. The molecule has 0 radical (unpaired) electrons. The van der Waals surface area contributed by atoms with Crippen molar-refractivity contribution in [2.24, 2.45) is 5.92 Å². The molecule has 0 aromatic carbocycles. The van der Waals surface area contributed by atoms with Crippen LogP contribution in [0.25, 0.3) is 0 Å². The van der Waals surface area contributed by atoms with Gasteiger partial charge in [0.1, 0.15) is 0 Å². The van der Waals surface area contributed by atoms with Crippen LogP contribution in [0.3, 0.4) is 0 Å². The summed E-state index contributed by atoms with van der Waals surface area (Å²) in [5, 5.41) is 3.58. The first-order valence-electron chi connectivity index (χ1n) is 7.16. The Bertz CT molecular complexity index is 367. The monoisotopic (exact) mass is 274 g/mol. The van der Waals surface area contributed by atoms with E-state index in [1.807, 2.05) is 0 Å². The zero-order valence-electron chi connectivity index (χ0n) is 11.6. The van der Waals surface area contributed by atoms with Gasteiger partial charge in [0, 0.05) is 18.6 Å². The molecule has 0 spiro atoms. The van der Waals surface area contributed by atoms with Crippen molar-refractivity contribution < 1.29 is 8.42 Å². The van der Waals surface area contributed by atoms with Gasteiger partial charge in [0.05, 0.1) is 11.5 Å². The molecule has 2 saturated heterocycles. The summed E-state index contributed by atoms with van der Waals surface area (Å²) in [6, 6.07) is 0.752. The smallest absolute Gasteiger partial charge is 0.151 e. The van der Waals surface area contributed by atoms with Crippen LogP contribution in [0.4, 0.5) is 0 Å². The highest BCUT2D eigenvalue weighted by Crippen LogP contribution is 2.20. The van der Waals surface area contributed by atoms with Crippen LogP contribution in [0.1, 0.15) is 33.1 Å². The highest BCUT2D eigenvalue weighted by atomic mass is 32.2. The van der Waals surface area contributed by atoms with Gasteiger partial charge in [-0.15, -0.1) is 0 Å². The predicted octanol–water partition coefficient (Wildman–Crippen LogP) is 0.884. The molecule has 2 rings (SSSR count). The van der Waals surface area contributed by atoms with Crippen LogP contribution < -0.4 is 5.32 Å². The lowest BCUT2D eigenvalue weighted by molar-refractivity contribution is 0.181. The summed E-state index contributed by atoms with van der Waals surface area (Å²) in [7, 11) is -2.79. The average molecular weight is 274 g/mol. The van der Waals surface area contributed by atoms with E-state index in [9.17, 15) is 8.42 Å². The lowest BCUT2D eigenvalue weighted by Gasteiger charge is -2.35. The van der Waals surface area contributed by atoms with Gasteiger partial charge in [0.15, 0.2) is 9.84 Å². The molecule has 2 atom stereocenters. The topological polar surface area (TPSA) is 49.4 Å². The highest BCUT2D eigenvalue weighted by molar-refractivity contribution is 7.91. The van der Waals surface area contributed by atoms with E-state index in [1.165, 1.54) is 0 Å². The number of nitrogens with one attached hydrogen (secondary N) is 1. The molecule has 2 aliphatic rings. The van der Waals surface area contributed by atoms with Crippen molar-refractivity contribution in [1.29, 1.82) is 0 Å². The van der Waals surface area contributed by atoms with Crippen LogP contribution in [-0.4, -0.2) is 56.5 Å². The first-order chi connectivity index (χ1) is 8.48. The van der Waals surface area contributed by atoms with E-state index >= 15 is 0 Å². The van der Waals surface area contributed by atoms with Gasteiger partial charge >= 0.3 is 0 Å². The zero-order chi connectivity index (χ0) is 13.2. The van der Waals surface area contributed by atoms with Crippen LogP contribution in [-0.2, 0) is 9.84 Å². The number of hydrogen-bond acceptors (Lipinski definition) is 4. The fourth-order valence-corrected chi connectivity index (χ4v) is 4.78. The van der Waals surface area contributed by atoms with Crippen molar-refractivity contribution >= 4 is 9.84 Å². The third kappa shape index (κ3) is 3.68. The van der Waals surface area contributed by atoms with E-state index in [1.54, 1.807) is 0 Å². The first-order valence-corrected chi connectivity index (χ1v) is 8.98. The SMILES string of the molecule is CC(C)C1CN(C2CCCS(=O)(=O)C2)CCCN1. The second kappa shape index (κ2) is 5.88. The third-order valence-corrected chi connectivity index (χ3v) is 6.02. The quantitative estimate of drug-likeness (QED) is 0.812. The summed E-state index contributed by atoms with van der Waals surface area (Å²) in [5.41, 5.74) is 0. The van der Waals surface area contributed by atoms with Crippen LogP contribution in [0.5, 0.6) is 0 Å². The maximum absolute atomic E-state index is 11.8. The maximum Gasteiger partial charge on any atom is 0.151 e. The molecule has 0 amide bonds. The second-order valence-corrected chi connectivity index (χ2v) is 8.29. The molecular weight excluding hydrogens is 248 g/mol. The molecule has 5 heteroatoms. The molecule has 18 heavy (non-hydrogen) atoms. The van der Waals surface area contributed by atoms with Crippen LogP contribution >= 0.6 is 0 Å². The lowest BCUT2D eigenvalue weighted by atomic mass is 10.0. The van der Waals surface area contributed by atoms with Gasteiger partial charge in [0.25, 0.3) is 0 Å². The predicted molar refractivity (Wildman–Crippen MR) is 74.5 cm³/mol. The molecule has 2 unspecified atom stereocenters. The van der Waals surface area contributed by atoms with E-state index in [0.29, 0.717) is 23.5 Å². The Kier molecular flexibility index (Phi) is 4.67. The van der Waals surface area contributed by atoms with Crippen molar-refractivity contribution in [1.82, 2.24) is 10.2 Å². The van der Waals surface area contributed by atoms with Gasteiger partial charge in [-0.2, -0.15) is 0 Å². The molecule has 0 saturated carbocycles. The third-order valence-electron chi connectivity index (χ3n) is 4.22. The molecule has 0 aromatic heterocycles. The van der Waals surface area contributed by atoms with Gasteiger partial charge in [-0.3, -0.25) is 4.90 Å². The van der Waals surface area contributed by atoms with Gasteiger partial charge in [-0.1, -0.05) is 13.8 Å². The summed E-state index contributed by atoms with van der Waals surface area (Å²) in [6.07, 6.45) is 3.01. The molecule has 2 aliphatic heterocycles. The Labute approximate surface area is 111 Å². The van der Waals surface area contributed by atoms with E-state index in [4.69, 9.17) is 0 Å². The molecular formula is C13H26N2O2S. The highest BCUT2D eigenvalue weighted by Gasteiger charge is 2.31. The Hall–Kier alpha value is -0.130. The van der Waals surface area contributed by atoms with Gasteiger partial charge in [-0.05, 0) is 38.3 Å². The summed E-state index contributed by atoms with van der Waals surface area (Å²) in [4.78, 5) is 2.42. The summed E-state index contributed by atoms with van der Waals surface area (Å²) in [5.74, 6) is 1.37. The van der Waals surface area contributed by atoms with Gasteiger partial charge in [0.2, 0.25) is 0 Å². The first kappa shape index (κ1) is 14.3. The minimum atomic E-state index is -2.79. The minimum Gasteiger partial charge on any atom is -0.312 e. The van der Waals surface area contributed by atoms with E-state index < -0.39 is 9.84 Å². The minimum absolute atomic E-state index is 0.255. The van der Waals surface area contributed by atoms with Crippen molar-refractivity contribution in [3.05, 3.63) is 0 Å².